The van der Waals surface area contributed by atoms with Gasteiger partial charge in [-0.05, 0) is 70.5 Å². The van der Waals surface area contributed by atoms with Crippen LogP contribution < -0.4 is 31.6 Å². The van der Waals surface area contributed by atoms with Crippen LogP contribution in [0.15, 0.2) is 48.6 Å². The number of unbranched alkanes of at least 4 members (excludes halogenated alkanes) is 1. The number of fused-ring (bicyclic) bond motifs is 2. The SMILES string of the molecule is CCn1nc(C)cc1C(=O)Nc1nc2cc(C(N)=O)cc(OC)c2n1C/C=C/Cn1c(NC(=O)c2cc(C)nn2CC)nc2cc(C(N)=O)cc(OCCCC=O)c21. The van der Waals surface area contributed by atoms with Crippen LogP contribution in [-0.4, -0.2) is 82.3 Å². The first-order valence-corrected chi connectivity index (χ1v) is 18.5. The standard InChI is InChI=1S/C39H44N12O7/c1-6-50-28(16-22(3)46-50)36(55)44-38-42-26-18-24(34(40)53)20-30(57-5)32(26)48(38)12-8-9-13-49-33-27(19-25(35(41)54)21-31(33)58-15-11-10-14-52)43-39(49)45-37(56)29-17-23(4)47-51(29)7-2/h8-9,14,16-21H,6-7,10-13,15H2,1-5H3,(H2,40,53)(H2,41,54)(H,42,44,55)(H,43,45,56)/b9-8+. The molecular formula is C39H44N12O7. The number of rotatable bonds is 18. The molecule has 4 amide bonds. The van der Waals surface area contributed by atoms with Gasteiger partial charge >= 0.3 is 0 Å². The van der Waals surface area contributed by atoms with Crippen molar-refractivity contribution in [1.82, 2.24) is 38.7 Å². The van der Waals surface area contributed by atoms with E-state index in [4.69, 9.17) is 25.9 Å². The minimum absolute atomic E-state index is 0.130. The lowest BCUT2D eigenvalue weighted by Gasteiger charge is -2.13. The molecule has 0 aliphatic carbocycles. The molecule has 0 fully saturated rings. The maximum atomic E-state index is 13.7. The predicted molar refractivity (Wildman–Crippen MR) is 214 cm³/mol. The van der Waals surface area contributed by atoms with Crippen LogP contribution in [0.1, 0.15) is 79.8 Å². The molecule has 19 nitrogen and oxygen atoms in total. The van der Waals surface area contributed by atoms with Crippen molar-refractivity contribution in [1.29, 1.82) is 0 Å². The molecular weight excluding hydrogens is 749 g/mol. The van der Waals surface area contributed by atoms with E-state index in [-0.39, 0.29) is 54.9 Å². The number of hydrogen-bond donors (Lipinski definition) is 4. The second-order valence-corrected chi connectivity index (χ2v) is 13.2. The van der Waals surface area contributed by atoms with E-state index < -0.39 is 23.6 Å². The van der Waals surface area contributed by atoms with Crippen molar-refractivity contribution in [2.24, 2.45) is 11.5 Å². The number of primary amides is 2. The second kappa shape index (κ2) is 17.2. The van der Waals surface area contributed by atoms with Crippen LogP contribution in [-0.2, 0) is 31.0 Å². The van der Waals surface area contributed by atoms with Gasteiger partial charge in [0.1, 0.15) is 40.2 Å². The van der Waals surface area contributed by atoms with Gasteiger partial charge < -0.3 is 34.9 Å². The average molecular weight is 793 g/mol. The molecule has 0 spiro atoms. The number of aromatic nitrogens is 8. The molecule has 58 heavy (non-hydrogen) atoms. The number of nitrogens with two attached hydrogens (primary N) is 2. The lowest BCUT2D eigenvalue weighted by Crippen LogP contribution is -2.20. The molecule has 0 atom stereocenters. The smallest absolute Gasteiger partial charge is 0.276 e. The predicted octanol–water partition coefficient (Wildman–Crippen LogP) is 3.76. The highest BCUT2D eigenvalue weighted by Crippen LogP contribution is 2.33. The molecule has 2 aromatic carbocycles. The number of methoxy groups -OCH3 is 1. The van der Waals surface area contributed by atoms with E-state index in [0.29, 0.717) is 70.1 Å². The molecule has 302 valence electrons. The minimum atomic E-state index is -0.704. The van der Waals surface area contributed by atoms with Crippen LogP contribution >= 0.6 is 0 Å². The number of ether oxygens (including phenoxy) is 2. The molecule has 0 aliphatic heterocycles. The van der Waals surface area contributed by atoms with E-state index in [1.54, 1.807) is 44.5 Å². The fourth-order valence-corrected chi connectivity index (χ4v) is 6.54. The van der Waals surface area contributed by atoms with E-state index in [0.717, 1.165) is 6.29 Å². The van der Waals surface area contributed by atoms with E-state index in [9.17, 15) is 24.0 Å². The first kappa shape index (κ1) is 40.4. The van der Waals surface area contributed by atoms with Crippen LogP contribution in [0.5, 0.6) is 11.5 Å². The highest BCUT2D eigenvalue weighted by molar-refractivity contribution is 6.05. The number of hydrogen-bond acceptors (Lipinski definition) is 11. The Morgan fingerprint density at radius 3 is 1.62 bits per heavy atom. The van der Waals surface area contributed by atoms with Gasteiger partial charge in [0, 0.05) is 43.7 Å². The Bertz CT molecular complexity index is 2590. The van der Waals surface area contributed by atoms with Gasteiger partial charge in [-0.3, -0.25) is 39.2 Å². The van der Waals surface area contributed by atoms with Crippen molar-refractivity contribution in [2.45, 2.75) is 66.7 Å². The summed E-state index contributed by atoms with van der Waals surface area (Å²) in [5.74, 6) is -1.40. The number of nitrogens with zero attached hydrogens (tertiary/aromatic N) is 8. The topological polar surface area (TPSA) is 251 Å². The molecule has 4 aromatic heterocycles. The summed E-state index contributed by atoms with van der Waals surface area (Å²) in [5, 5.41) is 14.6. The third kappa shape index (κ3) is 8.27. The lowest BCUT2D eigenvalue weighted by molar-refractivity contribution is -0.108. The summed E-state index contributed by atoms with van der Waals surface area (Å²) in [6.07, 6.45) is 5.11. The van der Waals surface area contributed by atoms with Gasteiger partial charge in [0.05, 0.1) is 36.1 Å². The van der Waals surface area contributed by atoms with Crippen LogP contribution in [0.2, 0.25) is 0 Å². The first-order valence-electron chi connectivity index (χ1n) is 18.5. The zero-order valence-corrected chi connectivity index (χ0v) is 32.7. The van der Waals surface area contributed by atoms with Gasteiger partial charge in [-0.1, -0.05) is 12.2 Å². The van der Waals surface area contributed by atoms with Crippen molar-refractivity contribution < 1.29 is 33.4 Å². The van der Waals surface area contributed by atoms with Crippen LogP contribution in [0, 0.1) is 13.8 Å². The summed E-state index contributed by atoms with van der Waals surface area (Å²) < 4.78 is 18.3. The summed E-state index contributed by atoms with van der Waals surface area (Å²) in [4.78, 5) is 72.2. The number of allylic oxidation sites excluding steroid dienone is 2. The molecule has 0 bridgehead atoms. The van der Waals surface area contributed by atoms with Crippen LogP contribution in [0.4, 0.5) is 11.9 Å². The number of carbonyl (C=O) groups excluding carboxylic acids is 5. The van der Waals surface area contributed by atoms with E-state index in [1.165, 1.54) is 31.4 Å². The molecule has 19 heteroatoms. The molecule has 0 saturated carbocycles. The van der Waals surface area contributed by atoms with Crippen LogP contribution in [0.3, 0.4) is 0 Å². The van der Waals surface area contributed by atoms with E-state index in [1.807, 2.05) is 26.0 Å². The molecule has 6 N–H and O–H groups in total. The summed E-state index contributed by atoms with van der Waals surface area (Å²) in [7, 11) is 1.45. The Labute approximate surface area is 332 Å². The van der Waals surface area contributed by atoms with Crippen molar-refractivity contribution >= 4 is 63.9 Å². The first-order chi connectivity index (χ1) is 27.9. The van der Waals surface area contributed by atoms with Crippen molar-refractivity contribution in [2.75, 3.05) is 24.4 Å². The zero-order valence-electron chi connectivity index (χ0n) is 32.7. The van der Waals surface area contributed by atoms with Gasteiger partial charge in [0.15, 0.2) is 0 Å². The average Bonchev–Trinajstić information content (AvgIpc) is 3.96. The van der Waals surface area contributed by atoms with E-state index in [2.05, 4.69) is 25.8 Å². The minimum Gasteiger partial charge on any atom is -0.494 e. The summed E-state index contributed by atoms with van der Waals surface area (Å²) in [6.45, 7) is 8.69. The number of nitrogens with one attached hydrogen (secondary N) is 2. The largest absolute Gasteiger partial charge is 0.494 e. The van der Waals surface area contributed by atoms with Gasteiger partial charge in [-0.25, -0.2) is 9.97 Å². The Hall–Kier alpha value is -7.31. The van der Waals surface area contributed by atoms with E-state index >= 15 is 0 Å². The fourth-order valence-electron chi connectivity index (χ4n) is 6.54. The second-order valence-electron chi connectivity index (χ2n) is 13.2. The molecule has 6 aromatic rings. The fraction of sp³-hybridized carbons (Fsp3) is 0.308. The highest BCUT2D eigenvalue weighted by atomic mass is 16.5. The normalized spacial score (nSPS) is 11.4. The molecule has 4 heterocycles. The lowest BCUT2D eigenvalue weighted by atomic mass is 10.1. The number of aryl methyl sites for hydroxylation is 4. The number of carbonyl (C=O) groups is 5. The maximum Gasteiger partial charge on any atom is 0.276 e. The Balaban J connectivity index is 1.41. The number of aldehydes is 1. The number of anilines is 2. The molecule has 0 radical (unpaired) electrons. The van der Waals surface area contributed by atoms with Crippen molar-refractivity contribution in [3.8, 4) is 11.5 Å². The Kier molecular flexibility index (Phi) is 12.0. The van der Waals surface area contributed by atoms with Gasteiger partial charge in [0.2, 0.25) is 23.7 Å². The van der Waals surface area contributed by atoms with Crippen molar-refractivity contribution in [3.05, 3.63) is 82.5 Å². The van der Waals surface area contributed by atoms with Gasteiger partial charge in [0.25, 0.3) is 11.8 Å². The van der Waals surface area contributed by atoms with Gasteiger partial charge in [-0.15, -0.1) is 0 Å². The molecule has 0 saturated heterocycles. The summed E-state index contributed by atoms with van der Waals surface area (Å²) in [6, 6.07) is 9.38. The summed E-state index contributed by atoms with van der Waals surface area (Å²) >= 11 is 0. The summed E-state index contributed by atoms with van der Waals surface area (Å²) in [5.41, 5.74) is 15.2. The molecule has 6 rings (SSSR count). The Morgan fingerprint density at radius 1 is 0.724 bits per heavy atom. The Morgan fingerprint density at radius 2 is 1.19 bits per heavy atom. The third-order valence-electron chi connectivity index (χ3n) is 9.19. The highest BCUT2D eigenvalue weighted by Gasteiger charge is 2.23. The van der Waals surface area contributed by atoms with Gasteiger partial charge in [-0.2, -0.15) is 10.2 Å². The van der Waals surface area contributed by atoms with Crippen molar-refractivity contribution in [3.63, 3.8) is 0 Å². The number of amides is 4. The maximum absolute atomic E-state index is 13.7. The monoisotopic (exact) mass is 792 g/mol. The molecule has 0 unspecified atom stereocenters. The van der Waals surface area contributed by atoms with Crippen LogP contribution in [0.25, 0.3) is 22.1 Å². The molecule has 0 aliphatic rings. The quantitative estimate of drug-likeness (QED) is 0.0554. The zero-order chi connectivity index (χ0) is 41.7. The number of imidazole rings is 2. The number of benzene rings is 2. The third-order valence-corrected chi connectivity index (χ3v) is 9.19.